The third-order valence-electron chi connectivity index (χ3n) is 12.3. The first-order chi connectivity index (χ1) is 25.2. The summed E-state index contributed by atoms with van der Waals surface area (Å²) in [6.45, 7) is 6.95. The molecular formula is C50H104ClN. The predicted molar refractivity (Wildman–Crippen MR) is 244 cm³/mol. The minimum atomic E-state index is 0. The lowest BCUT2D eigenvalue weighted by Crippen LogP contribution is -2.39. The zero-order valence-corrected chi connectivity index (χ0v) is 37.8. The van der Waals surface area contributed by atoms with Crippen LogP contribution in [0.15, 0.2) is 0 Å². The van der Waals surface area contributed by atoms with E-state index in [0.29, 0.717) is 0 Å². The fourth-order valence-corrected chi connectivity index (χ4v) is 8.57. The molecule has 0 aromatic heterocycles. The van der Waals surface area contributed by atoms with E-state index < -0.39 is 0 Å². The maximum atomic E-state index is 7.25. The number of rotatable bonds is 46. The van der Waals surface area contributed by atoms with E-state index in [-0.39, 0.29) is 17.9 Å². The van der Waals surface area contributed by atoms with Crippen molar-refractivity contribution in [3.63, 3.8) is 0 Å². The van der Waals surface area contributed by atoms with Gasteiger partial charge in [-0.05, 0) is 19.3 Å². The first-order valence-corrected chi connectivity index (χ1v) is 25.0. The summed E-state index contributed by atoms with van der Waals surface area (Å²) in [6, 6.07) is 0. The Morgan fingerprint density at radius 3 is 0.462 bits per heavy atom. The van der Waals surface area contributed by atoms with Crippen LogP contribution in [-0.4, -0.2) is 5.54 Å². The number of nitrogens with two attached hydrogens (primary N) is 1. The second kappa shape index (κ2) is 47.4. The highest BCUT2D eigenvalue weighted by molar-refractivity contribution is 5.85. The van der Waals surface area contributed by atoms with Crippen LogP contribution in [0.25, 0.3) is 0 Å². The second-order valence-corrected chi connectivity index (χ2v) is 17.8. The first-order valence-electron chi connectivity index (χ1n) is 25.0. The highest BCUT2D eigenvalue weighted by Gasteiger charge is 2.23. The molecule has 0 aliphatic heterocycles. The monoisotopic (exact) mass is 754 g/mol. The molecule has 0 rings (SSSR count). The van der Waals surface area contributed by atoms with Gasteiger partial charge in [-0.3, -0.25) is 0 Å². The van der Waals surface area contributed by atoms with E-state index in [9.17, 15) is 0 Å². The van der Waals surface area contributed by atoms with E-state index in [1.165, 1.54) is 295 Å². The highest BCUT2D eigenvalue weighted by atomic mass is 35.5. The van der Waals surface area contributed by atoms with Gasteiger partial charge >= 0.3 is 0 Å². The van der Waals surface area contributed by atoms with E-state index in [1.807, 2.05) is 0 Å². The van der Waals surface area contributed by atoms with E-state index in [4.69, 9.17) is 5.73 Å². The Kier molecular flexibility index (Phi) is 49.5. The molecule has 0 radical (unpaired) electrons. The van der Waals surface area contributed by atoms with Gasteiger partial charge in [-0.15, -0.1) is 12.4 Å². The Morgan fingerprint density at radius 1 is 0.212 bits per heavy atom. The molecule has 0 amide bonds. The molecule has 0 spiro atoms. The van der Waals surface area contributed by atoms with Crippen molar-refractivity contribution in [2.45, 2.75) is 322 Å². The van der Waals surface area contributed by atoms with Crippen molar-refractivity contribution in [2.75, 3.05) is 0 Å². The summed E-state index contributed by atoms with van der Waals surface area (Å²) in [6.07, 6.45) is 65.9. The lowest BCUT2D eigenvalue weighted by atomic mass is 9.82. The van der Waals surface area contributed by atoms with E-state index in [2.05, 4.69) is 20.8 Å². The number of hydrogen-bond acceptors (Lipinski definition) is 1. The molecule has 0 heterocycles. The average molecular weight is 755 g/mol. The van der Waals surface area contributed by atoms with Gasteiger partial charge in [-0.1, -0.05) is 297 Å². The Bertz CT molecular complexity index is 573. The summed E-state index contributed by atoms with van der Waals surface area (Å²) in [5.41, 5.74) is 7.36. The lowest BCUT2D eigenvalue weighted by Gasteiger charge is -2.30. The Morgan fingerprint density at radius 2 is 0.327 bits per heavy atom. The molecule has 0 aromatic rings. The fraction of sp³-hybridized carbons (Fsp3) is 1.00. The van der Waals surface area contributed by atoms with Crippen LogP contribution in [0.2, 0.25) is 0 Å². The van der Waals surface area contributed by atoms with Gasteiger partial charge in [-0.2, -0.15) is 0 Å². The summed E-state index contributed by atoms with van der Waals surface area (Å²) in [7, 11) is 0. The molecule has 0 fully saturated rings. The van der Waals surface area contributed by atoms with Crippen LogP contribution in [0, 0.1) is 0 Å². The summed E-state index contributed by atoms with van der Waals surface area (Å²) in [5.74, 6) is 0. The zero-order chi connectivity index (χ0) is 37.0. The number of hydrogen-bond donors (Lipinski definition) is 1. The molecular weight excluding hydrogens is 650 g/mol. The van der Waals surface area contributed by atoms with Crippen LogP contribution in [0.3, 0.4) is 0 Å². The van der Waals surface area contributed by atoms with Crippen molar-refractivity contribution in [2.24, 2.45) is 5.73 Å². The van der Waals surface area contributed by atoms with Gasteiger partial charge in [0.1, 0.15) is 0 Å². The second-order valence-electron chi connectivity index (χ2n) is 17.8. The molecule has 0 bridgehead atoms. The van der Waals surface area contributed by atoms with Gasteiger partial charge in [-0.25, -0.2) is 0 Å². The summed E-state index contributed by atoms with van der Waals surface area (Å²) in [5, 5.41) is 0. The van der Waals surface area contributed by atoms with Gasteiger partial charge in [0.2, 0.25) is 0 Å². The van der Waals surface area contributed by atoms with Crippen LogP contribution in [0.1, 0.15) is 316 Å². The molecule has 0 unspecified atom stereocenters. The smallest absolute Gasteiger partial charge is 0.0154 e. The molecule has 1 nitrogen and oxygen atoms in total. The van der Waals surface area contributed by atoms with Gasteiger partial charge in [0.05, 0.1) is 0 Å². The summed E-state index contributed by atoms with van der Waals surface area (Å²) in [4.78, 5) is 0. The minimum absolute atomic E-state index is 0. The fourth-order valence-electron chi connectivity index (χ4n) is 8.57. The van der Waals surface area contributed by atoms with E-state index in [1.54, 1.807) is 0 Å². The topological polar surface area (TPSA) is 26.0 Å². The molecule has 0 saturated heterocycles. The quantitative estimate of drug-likeness (QED) is 0.0616. The van der Waals surface area contributed by atoms with Gasteiger partial charge in [0.15, 0.2) is 0 Å². The summed E-state index contributed by atoms with van der Waals surface area (Å²) >= 11 is 0. The van der Waals surface area contributed by atoms with Crippen molar-refractivity contribution in [3.8, 4) is 0 Å². The highest BCUT2D eigenvalue weighted by Crippen LogP contribution is 2.27. The van der Waals surface area contributed by atoms with Crippen molar-refractivity contribution in [1.29, 1.82) is 0 Å². The van der Waals surface area contributed by atoms with Gasteiger partial charge < -0.3 is 5.73 Å². The Balaban J connectivity index is 0. The van der Waals surface area contributed by atoms with Crippen LogP contribution in [0.5, 0.6) is 0 Å². The summed E-state index contributed by atoms with van der Waals surface area (Å²) < 4.78 is 0. The van der Waals surface area contributed by atoms with Gasteiger partial charge in [0, 0.05) is 5.54 Å². The maximum absolute atomic E-state index is 7.25. The van der Waals surface area contributed by atoms with Crippen LogP contribution in [-0.2, 0) is 0 Å². The normalized spacial score (nSPS) is 11.8. The van der Waals surface area contributed by atoms with Crippen LogP contribution in [0.4, 0.5) is 0 Å². The average Bonchev–Trinajstić information content (AvgIpc) is 3.13. The van der Waals surface area contributed by atoms with Gasteiger partial charge in [0.25, 0.3) is 0 Å². The molecule has 0 aliphatic carbocycles. The van der Waals surface area contributed by atoms with Crippen molar-refractivity contribution < 1.29 is 0 Å². The van der Waals surface area contributed by atoms with Crippen LogP contribution >= 0.6 is 12.4 Å². The first kappa shape index (κ1) is 54.4. The van der Waals surface area contributed by atoms with E-state index in [0.717, 1.165) is 0 Å². The Hall–Kier alpha value is 0.250. The lowest BCUT2D eigenvalue weighted by molar-refractivity contribution is 0.302. The molecule has 2 N–H and O–H groups in total. The molecule has 0 aliphatic rings. The van der Waals surface area contributed by atoms with Crippen molar-refractivity contribution in [3.05, 3.63) is 0 Å². The molecule has 52 heavy (non-hydrogen) atoms. The largest absolute Gasteiger partial charge is 0.325 e. The third kappa shape index (κ3) is 44.6. The zero-order valence-electron chi connectivity index (χ0n) is 37.0. The predicted octanol–water partition coefficient (Wildman–Crippen LogP) is 19.1. The SMILES string of the molecule is CCCCCCCCCCCCCCCCCC(N)(CCCCCCCCCCCCCCCC)CCCCCCCCCCCCCCCC.Cl. The minimum Gasteiger partial charge on any atom is -0.325 e. The Labute approximate surface area is 338 Å². The molecule has 316 valence electrons. The third-order valence-corrected chi connectivity index (χ3v) is 12.3. The molecule has 0 aromatic carbocycles. The molecule has 0 saturated carbocycles. The standard InChI is InChI=1S/C50H103N.ClH/c1-4-7-10-13-16-19-22-25-28-31-34-37-40-43-46-49-50(51,47-44-41-38-35-32-29-26-23-20-17-14-11-8-5-2)48-45-42-39-36-33-30-27-24-21-18-15-12-9-6-3;/h4-49,51H2,1-3H3;1H. The number of halogens is 1. The van der Waals surface area contributed by atoms with Crippen molar-refractivity contribution >= 4 is 12.4 Å². The molecule has 2 heteroatoms. The maximum Gasteiger partial charge on any atom is 0.0154 e. The molecule has 0 atom stereocenters. The van der Waals surface area contributed by atoms with Crippen molar-refractivity contribution in [1.82, 2.24) is 0 Å². The number of unbranched alkanes of at least 4 members (excludes halogenated alkanes) is 40. The van der Waals surface area contributed by atoms with E-state index >= 15 is 0 Å². The van der Waals surface area contributed by atoms with Crippen LogP contribution < -0.4 is 5.73 Å².